The van der Waals surface area contributed by atoms with Crippen LogP contribution in [0.25, 0.3) is 0 Å². The van der Waals surface area contributed by atoms with E-state index in [1.54, 1.807) is 26.8 Å². The van der Waals surface area contributed by atoms with Crippen LogP contribution < -0.4 is 26.0 Å². The molecule has 0 saturated heterocycles. The summed E-state index contributed by atoms with van der Waals surface area (Å²) in [6.07, 6.45) is 4.11. The van der Waals surface area contributed by atoms with Gasteiger partial charge in [0.05, 0.1) is 13.2 Å². The average molecular weight is 679 g/mol. The van der Waals surface area contributed by atoms with Crippen LogP contribution in [0.3, 0.4) is 0 Å². The van der Waals surface area contributed by atoms with Crippen LogP contribution in [0.5, 0.6) is 5.75 Å². The fourth-order valence-electron chi connectivity index (χ4n) is 4.94. The normalized spacial score (nSPS) is 14.2. The number of nitrogens with one attached hydrogen (secondary N) is 4. The van der Waals surface area contributed by atoms with Crippen molar-refractivity contribution in [2.45, 2.75) is 90.1 Å². The largest absolute Gasteiger partial charge is 0.490 e. The van der Waals surface area contributed by atoms with Gasteiger partial charge < -0.3 is 35.5 Å². The fourth-order valence-corrected chi connectivity index (χ4v) is 4.94. The van der Waals surface area contributed by atoms with Crippen LogP contribution in [0.15, 0.2) is 79.9 Å². The van der Waals surface area contributed by atoms with Crippen LogP contribution in [0.4, 0.5) is 4.79 Å². The van der Waals surface area contributed by atoms with E-state index < -0.39 is 53.6 Å². The second-order valence-electron chi connectivity index (χ2n) is 12.9. The second-order valence-corrected chi connectivity index (χ2v) is 12.9. The summed E-state index contributed by atoms with van der Waals surface area (Å²) >= 11 is 0. The van der Waals surface area contributed by atoms with E-state index in [-0.39, 0.29) is 25.3 Å². The first-order chi connectivity index (χ1) is 23.3. The van der Waals surface area contributed by atoms with E-state index in [1.165, 1.54) is 13.2 Å². The third kappa shape index (κ3) is 15.0. The third-order valence-corrected chi connectivity index (χ3v) is 7.70. The van der Waals surface area contributed by atoms with Gasteiger partial charge in [0.2, 0.25) is 11.8 Å². The van der Waals surface area contributed by atoms with Crippen molar-refractivity contribution in [1.29, 1.82) is 0 Å². The SMILES string of the molecule is C=CCOc1ccc(C[C@H](NC[C@H](Cc2ccccc2)NC(=O)OC(C)(C)C)C(=O)N[C@H](C(=O)N[C@@H](CC=C)C(=O)OC)[C@@H](C)CC)cc1. The Balaban J connectivity index is 2.37. The van der Waals surface area contributed by atoms with Crippen molar-refractivity contribution in [1.82, 2.24) is 21.3 Å². The number of methoxy groups -OCH3 is 1. The maximum Gasteiger partial charge on any atom is 0.407 e. The summed E-state index contributed by atoms with van der Waals surface area (Å²) in [7, 11) is 1.25. The third-order valence-electron chi connectivity index (χ3n) is 7.70. The molecule has 268 valence electrons. The fraction of sp³-hybridized carbons (Fsp3) is 0.474. The number of benzene rings is 2. The Kier molecular flexibility index (Phi) is 17.1. The number of carbonyl (C=O) groups is 4. The first kappa shape index (κ1) is 40.5. The number of hydrogen-bond donors (Lipinski definition) is 4. The lowest BCUT2D eigenvalue weighted by Gasteiger charge is -2.29. The van der Waals surface area contributed by atoms with Gasteiger partial charge in [-0.25, -0.2) is 9.59 Å². The summed E-state index contributed by atoms with van der Waals surface area (Å²) in [4.78, 5) is 52.7. The Morgan fingerprint density at radius 2 is 1.49 bits per heavy atom. The lowest BCUT2D eigenvalue weighted by Crippen LogP contribution is -2.58. The Labute approximate surface area is 291 Å². The Morgan fingerprint density at radius 1 is 0.837 bits per heavy atom. The monoisotopic (exact) mass is 678 g/mol. The van der Waals surface area contributed by atoms with E-state index in [9.17, 15) is 19.2 Å². The van der Waals surface area contributed by atoms with E-state index >= 15 is 0 Å². The molecule has 0 heterocycles. The van der Waals surface area contributed by atoms with Gasteiger partial charge in [-0.15, -0.1) is 6.58 Å². The van der Waals surface area contributed by atoms with Crippen molar-refractivity contribution in [2.24, 2.45) is 5.92 Å². The van der Waals surface area contributed by atoms with Gasteiger partial charge in [0.15, 0.2) is 0 Å². The molecule has 2 rings (SSSR count). The van der Waals surface area contributed by atoms with Crippen LogP contribution in [0, 0.1) is 5.92 Å². The molecule has 4 N–H and O–H groups in total. The Morgan fingerprint density at radius 3 is 2.06 bits per heavy atom. The Bertz CT molecular complexity index is 1360. The molecular formula is C38H54N4O7. The minimum Gasteiger partial charge on any atom is -0.490 e. The predicted octanol–water partition coefficient (Wildman–Crippen LogP) is 4.65. The van der Waals surface area contributed by atoms with Crippen LogP contribution in [0.1, 0.15) is 58.6 Å². The first-order valence-electron chi connectivity index (χ1n) is 16.7. The molecule has 0 aromatic heterocycles. The minimum atomic E-state index is -0.938. The number of rotatable bonds is 20. The van der Waals surface area contributed by atoms with Crippen molar-refractivity contribution >= 4 is 23.9 Å². The van der Waals surface area contributed by atoms with Gasteiger partial charge in [-0.2, -0.15) is 0 Å². The molecule has 0 aliphatic heterocycles. The van der Waals surface area contributed by atoms with Crippen LogP contribution in [0.2, 0.25) is 0 Å². The molecule has 11 nitrogen and oxygen atoms in total. The van der Waals surface area contributed by atoms with Gasteiger partial charge in [-0.05, 0) is 69.2 Å². The predicted molar refractivity (Wildman–Crippen MR) is 191 cm³/mol. The van der Waals surface area contributed by atoms with Gasteiger partial charge in [0, 0.05) is 12.6 Å². The number of ether oxygens (including phenoxy) is 3. The standard InChI is InChI=1S/C38H54N4O7/c1-9-15-31(36(45)47-8)41-35(44)33(26(4)11-3)42-34(43)32(24-28-18-20-30(21-19-28)48-22-10-2)39-25-29(23-27-16-13-12-14-17-27)40-37(46)49-38(5,6)7/h9-10,12-14,16-21,26,29,31-33,39H,1-2,11,15,22-25H2,3-8H3,(H,40,46)(H,41,44)(H,42,43)/t26-,29-,31-,32-,33-/m0/s1. The van der Waals surface area contributed by atoms with Crippen molar-refractivity contribution in [3.05, 3.63) is 91.0 Å². The molecule has 5 atom stereocenters. The molecule has 2 aromatic rings. The molecule has 0 aliphatic carbocycles. The van der Waals surface area contributed by atoms with Gasteiger partial charge in [-0.1, -0.05) is 81.5 Å². The Hall–Kier alpha value is -4.64. The highest BCUT2D eigenvalue weighted by Gasteiger charge is 2.32. The van der Waals surface area contributed by atoms with Crippen LogP contribution >= 0.6 is 0 Å². The van der Waals surface area contributed by atoms with E-state index in [4.69, 9.17) is 14.2 Å². The zero-order valence-electron chi connectivity index (χ0n) is 29.8. The molecule has 0 radical (unpaired) electrons. The molecule has 0 bridgehead atoms. The maximum absolute atomic E-state index is 14.1. The molecule has 0 spiro atoms. The van der Waals surface area contributed by atoms with E-state index in [0.29, 0.717) is 25.2 Å². The summed E-state index contributed by atoms with van der Waals surface area (Å²) in [6.45, 7) is 17.1. The van der Waals surface area contributed by atoms with Crippen molar-refractivity contribution < 1.29 is 33.4 Å². The van der Waals surface area contributed by atoms with Gasteiger partial charge in [0.25, 0.3) is 0 Å². The number of carbonyl (C=O) groups excluding carboxylic acids is 4. The van der Waals surface area contributed by atoms with Crippen LogP contribution in [-0.2, 0) is 36.7 Å². The first-order valence-corrected chi connectivity index (χ1v) is 16.7. The van der Waals surface area contributed by atoms with Crippen molar-refractivity contribution in [3.63, 3.8) is 0 Å². The van der Waals surface area contributed by atoms with Crippen LogP contribution in [-0.4, -0.2) is 73.9 Å². The molecule has 0 aliphatic rings. The molecule has 0 saturated carbocycles. The lowest BCUT2D eigenvalue weighted by molar-refractivity contribution is -0.145. The molecule has 11 heteroatoms. The molecule has 49 heavy (non-hydrogen) atoms. The molecular weight excluding hydrogens is 624 g/mol. The topological polar surface area (TPSA) is 144 Å². The molecule has 2 aromatic carbocycles. The summed E-state index contributed by atoms with van der Waals surface area (Å²) in [5.74, 6) is -1.12. The highest BCUT2D eigenvalue weighted by atomic mass is 16.6. The zero-order valence-corrected chi connectivity index (χ0v) is 29.8. The minimum absolute atomic E-state index is 0.170. The molecule has 3 amide bonds. The zero-order chi connectivity index (χ0) is 36.4. The highest BCUT2D eigenvalue weighted by Crippen LogP contribution is 2.16. The molecule has 0 unspecified atom stereocenters. The highest BCUT2D eigenvalue weighted by molar-refractivity contribution is 5.92. The summed E-state index contributed by atoms with van der Waals surface area (Å²) in [6, 6.07) is 14.0. The molecule has 0 fully saturated rings. The average Bonchev–Trinajstić information content (AvgIpc) is 3.06. The van der Waals surface area contributed by atoms with Gasteiger partial charge in [-0.3, -0.25) is 9.59 Å². The van der Waals surface area contributed by atoms with Crippen molar-refractivity contribution in [2.75, 3.05) is 20.3 Å². The summed E-state index contributed by atoms with van der Waals surface area (Å²) in [5.41, 5.74) is 1.15. The quantitative estimate of drug-likeness (QED) is 0.117. The van der Waals surface area contributed by atoms with E-state index in [2.05, 4.69) is 34.4 Å². The number of alkyl carbamates (subject to hydrolysis) is 1. The lowest BCUT2D eigenvalue weighted by atomic mass is 9.96. The second kappa shape index (κ2) is 20.7. The summed E-state index contributed by atoms with van der Waals surface area (Å²) < 4.78 is 16.0. The van der Waals surface area contributed by atoms with Gasteiger partial charge >= 0.3 is 12.1 Å². The number of hydrogen-bond acceptors (Lipinski definition) is 8. The van der Waals surface area contributed by atoms with E-state index in [0.717, 1.165) is 11.1 Å². The van der Waals surface area contributed by atoms with Gasteiger partial charge in [0.1, 0.15) is 30.0 Å². The summed E-state index contributed by atoms with van der Waals surface area (Å²) in [5, 5.41) is 12.0. The smallest absolute Gasteiger partial charge is 0.407 e. The number of amides is 3. The maximum atomic E-state index is 14.1. The number of esters is 1. The van der Waals surface area contributed by atoms with E-state index in [1.807, 2.05) is 68.4 Å². The van der Waals surface area contributed by atoms with Crippen molar-refractivity contribution in [3.8, 4) is 5.75 Å².